The molecule has 1 spiro atoms. The van der Waals surface area contributed by atoms with E-state index in [1.807, 2.05) is 26.0 Å². The molecule has 2 saturated heterocycles. The minimum Gasteiger partial charge on any atom is -0.472 e. The quantitative estimate of drug-likeness (QED) is 0.368. The van der Waals surface area contributed by atoms with Crippen LogP contribution in [0.25, 0.3) is 0 Å². The highest BCUT2D eigenvalue weighted by Crippen LogP contribution is 2.72. The molecule has 182 valence electrons. The molecule has 1 aromatic rings. The molecule has 2 aliphatic heterocycles. The Morgan fingerprint density at radius 1 is 1.21 bits per heavy atom. The Morgan fingerprint density at radius 3 is 2.59 bits per heavy atom. The second kappa shape index (κ2) is 7.17. The Hall–Kier alpha value is -2.67. The number of hydrogen-bond donors (Lipinski definition) is 0. The molecule has 1 saturated carbocycles. The van der Waals surface area contributed by atoms with E-state index < -0.39 is 40.0 Å². The summed E-state index contributed by atoms with van der Waals surface area (Å²) in [6, 6.07) is 1.82. The van der Waals surface area contributed by atoms with Crippen LogP contribution in [0.1, 0.15) is 58.6 Å². The highest BCUT2D eigenvalue weighted by Gasteiger charge is 2.80. The maximum atomic E-state index is 12.9. The van der Waals surface area contributed by atoms with Gasteiger partial charge in [0.1, 0.15) is 11.7 Å². The van der Waals surface area contributed by atoms with Gasteiger partial charge in [-0.15, -0.1) is 0 Å². The van der Waals surface area contributed by atoms with E-state index in [0.717, 1.165) is 24.0 Å². The summed E-state index contributed by atoms with van der Waals surface area (Å²) in [5.41, 5.74) is -1.04. The number of carbonyl (C=O) groups excluding carboxylic acids is 3. The molecule has 5 rings (SSSR count). The van der Waals surface area contributed by atoms with Gasteiger partial charge in [-0.3, -0.25) is 9.59 Å². The van der Waals surface area contributed by atoms with Crippen molar-refractivity contribution in [1.82, 2.24) is 0 Å². The zero-order chi connectivity index (χ0) is 24.7. The van der Waals surface area contributed by atoms with Crippen LogP contribution >= 0.6 is 0 Å². The van der Waals surface area contributed by atoms with Gasteiger partial charge in [0.25, 0.3) is 0 Å². The van der Waals surface area contributed by atoms with Gasteiger partial charge in [-0.1, -0.05) is 40.3 Å². The van der Waals surface area contributed by atoms with Crippen LogP contribution in [0.5, 0.6) is 0 Å². The first-order valence-corrected chi connectivity index (χ1v) is 11.8. The zero-order valence-electron chi connectivity index (χ0n) is 20.4. The van der Waals surface area contributed by atoms with Crippen LogP contribution in [-0.2, 0) is 28.6 Å². The molecule has 7 nitrogen and oxygen atoms in total. The number of epoxide rings is 1. The predicted octanol–water partition coefficient (Wildman–Crippen LogP) is 4.34. The molecule has 0 aromatic carbocycles. The van der Waals surface area contributed by atoms with E-state index in [4.69, 9.17) is 18.6 Å². The smallest absolute Gasteiger partial charge is 0.339 e. The molecule has 3 fully saturated rings. The first kappa shape index (κ1) is 23.1. The Morgan fingerprint density at radius 2 is 1.94 bits per heavy atom. The lowest BCUT2D eigenvalue weighted by Crippen LogP contribution is -2.58. The van der Waals surface area contributed by atoms with Crippen LogP contribution in [0, 0.1) is 28.1 Å². The van der Waals surface area contributed by atoms with Crippen molar-refractivity contribution in [3.8, 4) is 0 Å². The standard InChI is InChI=1S/C27H32O7/c1-15-17(25(4)10-8-19(28)24(2,3)18(25)13-20(29)31-6)7-11-26(5)21(16-9-12-32-14-16)33-23(30)22-27(15,26)34-22/h8-10,12,14,17-18,21-22H,1,7,11,13H2,2-6H3/t17-,18-,21+,22+,25+,26+,27+/m0/s1. The number of ether oxygens (including phenoxy) is 3. The maximum absolute atomic E-state index is 12.9. The average Bonchev–Trinajstić information content (AvgIpc) is 3.35. The van der Waals surface area contributed by atoms with E-state index in [-0.39, 0.29) is 30.0 Å². The zero-order valence-corrected chi connectivity index (χ0v) is 20.4. The fourth-order valence-corrected chi connectivity index (χ4v) is 7.27. The Balaban J connectivity index is 1.57. The second-order valence-corrected chi connectivity index (χ2v) is 11.3. The number of cyclic esters (lactones) is 1. The van der Waals surface area contributed by atoms with Crippen LogP contribution < -0.4 is 0 Å². The summed E-state index contributed by atoms with van der Waals surface area (Å²) in [4.78, 5) is 38.2. The lowest BCUT2D eigenvalue weighted by molar-refractivity contribution is -0.168. The second-order valence-electron chi connectivity index (χ2n) is 11.3. The molecule has 7 atom stereocenters. The van der Waals surface area contributed by atoms with Crippen molar-refractivity contribution in [2.75, 3.05) is 7.11 Å². The molecule has 2 aliphatic carbocycles. The average molecular weight is 469 g/mol. The Labute approximate surface area is 199 Å². The van der Waals surface area contributed by atoms with Crippen molar-refractivity contribution < 1.29 is 33.0 Å². The monoisotopic (exact) mass is 468 g/mol. The van der Waals surface area contributed by atoms with Gasteiger partial charge >= 0.3 is 11.9 Å². The van der Waals surface area contributed by atoms with E-state index in [0.29, 0.717) is 0 Å². The fourth-order valence-electron chi connectivity index (χ4n) is 7.27. The fraction of sp³-hybridized carbons (Fsp3) is 0.593. The van der Waals surface area contributed by atoms with E-state index in [1.54, 1.807) is 18.6 Å². The molecule has 0 amide bonds. The van der Waals surface area contributed by atoms with Crippen LogP contribution in [0.15, 0.2) is 47.3 Å². The minimum absolute atomic E-state index is 0.00915. The maximum Gasteiger partial charge on any atom is 0.339 e. The van der Waals surface area contributed by atoms with Crippen molar-refractivity contribution >= 4 is 17.7 Å². The van der Waals surface area contributed by atoms with E-state index in [2.05, 4.69) is 20.4 Å². The van der Waals surface area contributed by atoms with Crippen molar-refractivity contribution in [2.45, 2.75) is 64.8 Å². The lowest BCUT2D eigenvalue weighted by Gasteiger charge is -2.56. The van der Waals surface area contributed by atoms with E-state index >= 15 is 0 Å². The van der Waals surface area contributed by atoms with Crippen molar-refractivity contribution in [3.63, 3.8) is 0 Å². The molecular weight excluding hydrogens is 436 g/mol. The summed E-state index contributed by atoms with van der Waals surface area (Å²) in [5.74, 6) is -1.15. The molecule has 0 bridgehead atoms. The van der Waals surface area contributed by atoms with Crippen molar-refractivity contribution in [1.29, 1.82) is 0 Å². The van der Waals surface area contributed by atoms with E-state index in [9.17, 15) is 14.4 Å². The Bertz CT molecular complexity index is 1100. The number of allylic oxidation sites excluding steroid dienone is 2. The number of ketones is 1. The van der Waals surface area contributed by atoms with Crippen molar-refractivity contribution in [2.24, 2.45) is 28.1 Å². The third-order valence-electron chi connectivity index (χ3n) is 9.39. The number of esters is 2. The van der Waals surface area contributed by atoms with Gasteiger partial charge in [0.15, 0.2) is 11.9 Å². The van der Waals surface area contributed by atoms with Crippen molar-refractivity contribution in [3.05, 3.63) is 48.5 Å². The summed E-state index contributed by atoms with van der Waals surface area (Å²) in [6.07, 6.45) is 7.16. The minimum atomic E-state index is -0.856. The third-order valence-corrected chi connectivity index (χ3v) is 9.39. The molecule has 4 aliphatic rings. The summed E-state index contributed by atoms with van der Waals surface area (Å²) >= 11 is 0. The SMILES string of the molecule is C=C1[C@@H]([C@@]2(C)C=CC(=O)C(C)(C)[C@@H]2CC(=O)OC)CC[C@]2(C)[C@@H](c3ccoc3)OC(=O)[C@H]3O[C@]132. The summed E-state index contributed by atoms with van der Waals surface area (Å²) in [5, 5.41) is 0. The highest BCUT2D eigenvalue weighted by atomic mass is 16.7. The molecule has 0 radical (unpaired) electrons. The molecular formula is C27H32O7. The summed E-state index contributed by atoms with van der Waals surface area (Å²) in [7, 11) is 1.36. The summed E-state index contributed by atoms with van der Waals surface area (Å²) in [6.45, 7) is 12.5. The Kier molecular flexibility index (Phi) is 4.87. The number of methoxy groups -OCH3 is 1. The van der Waals surface area contributed by atoms with Crippen LogP contribution in [-0.4, -0.2) is 36.5 Å². The molecule has 1 aromatic heterocycles. The largest absolute Gasteiger partial charge is 0.472 e. The molecule has 0 N–H and O–H groups in total. The lowest BCUT2D eigenvalue weighted by atomic mass is 9.47. The van der Waals surface area contributed by atoms with Gasteiger partial charge in [-0.25, -0.2) is 4.79 Å². The van der Waals surface area contributed by atoms with E-state index in [1.165, 1.54) is 7.11 Å². The molecule has 7 heteroatoms. The van der Waals surface area contributed by atoms with Crippen LogP contribution in [0.2, 0.25) is 0 Å². The van der Waals surface area contributed by atoms with Gasteiger partial charge in [0, 0.05) is 16.4 Å². The molecule has 34 heavy (non-hydrogen) atoms. The van der Waals surface area contributed by atoms with Gasteiger partial charge in [0.05, 0.1) is 26.1 Å². The molecule has 0 unspecified atom stereocenters. The topological polar surface area (TPSA) is 95.3 Å². The number of carbonyl (C=O) groups is 3. The normalized spacial score (nSPS) is 42.4. The predicted molar refractivity (Wildman–Crippen MR) is 121 cm³/mol. The van der Waals surface area contributed by atoms with Gasteiger partial charge in [0.2, 0.25) is 0 Å². The first-order valence-electron chi connectivity index (χ1n) is 11.8. The molecule has 3 heterocycles. The van der Waals surface area contributed by atoms with Crippen LogP contribution in [0.3, 0.4) is 0 Å². The van der Waals surface area contributed by atoms with Gasteiger partial charge in [-0.05, 0) is 47.8 Å². The van der Waals surface area contributed by atoms with Gasteiger partial charge in [-0.2, -0.15) is 0 Å². The van der Waals surface area contributed by atoms with Gasteiger partial charge < -0.3 is 18.6 Å². The number of rotatable bonds is 4. The van der Waals surface area contributed by atoms with Crippen LogP contribution in [0.4, 0.5) is 0 Å². The third kappa shape index (κ3) is 2.76. The number of hydrogen-bond acceptors (Lipinski definition) is 7. The first-order chi connectivity index (χ1) is 15.9. The highest BCUT2D eigenvalue weighted by molar-refractivity contribution is 5.96. The number of furan rings is 1. The summed E-state index contributed by atoms with van der Waals surface area (Å²) < 4.78 is 22.4.